The van der Waals surface area contributed by atoms with E-state index >= 15 is 0 Å². The maximum Gasteiger partial charge on any atom is 0.326 e. The summed E-state index contributed by atoms with van der Waals surface area (Å²) in [6.45, 7) is 3.99. The number of hydrogen-bond donors (Lipinski definition) is 1. The number of aryl methyl sites for hydroxylation is 1. The Morgan fingerprint density at radius 3 is 2.86 bits per heavy atom. The van der Waals surface area contributed by atoms with Crippen LogP contribution in [0.15, 0.2) is 0 Å². The number of hydrogen-bond acceptors (Lipinski definition) is 3. The van der Waals surface area contributed by atoms with E-state index in [4.69, 9.17) is 5.11 Å². The molecule has 0 aromatic carbocycles. The normalized spacial score (nSPS) is 20.1. The van der Waals surface area contributed by atoms with E-state index in [0.717, 1.165) is 18.1 Å². The van der Waals surface area contributed by atoms with E-state index in [0.29, 0.717) is 6.42 Å². The lowest BCUT2D eigenvalue weighted by atomic mass is 10.2. The molecule has 1 aromatic heterocycles. The predicted molar refractivity (Wildman–Crippen MR) is 49.1 cm³/mol. The number of aliphatic carboxylic acids is 1. The van der Waals surface area contributed by atoms with Gasteiger partial charge in [-0.2, -0.15) is 0 Å². The molecule has 1 aliphatic heterocycles. The van der Waals surface area contributed by atoms with Gasteiger partial charge in [-0.15, -0.1) is 10.2 Å². The average molecular weight is 195 g/mol. The molecule has 76 valence electrons. The highest BCUT2D eigenvalue weighted by atomic mass is 16.4. The van der Waals surface area contributed by atoms with Gasteiger partial charge in [0.25, 0.3) is 0 Å². The number of aromatic nitrogens is 3. The smallest absolute Gasteiger partial charge is 0.326 e. The Hall–Kier alpha value is -1.39. The molecular weight excluding hydrogens is 182 g/mol. The molecular formula is C9H13N3O2. The van der Waals surface area contributed by atoms with Gasteiger partial charge in [-0.25, -0.2) is 4.79 Å². The van der Waals surface area contributed by atoms with Crippen molar-refractivity contribution in [2.24, 2.45) is 0 Å². The van der Waals surface area contributed by atoms with Crippen molar-refractivity contribution in [2.75, 3.05) is 0 Å². The molecule has 2 rings (SSSR count). The summed E-state index contributed by atoms with van der Waals surface area (Å²) >= 11 is 0. The third-order valence-corrected chi connectivity index (χ3v) is 2.55. The minimum Gasteiger partial charge on any atom is -0.480 e. The number of nitrogens with zero attached hydrogens (tertiary/aromatic N) is 3. The van der Waals surface area contributed by atoms with Crippen molar-refractivity contribution < 1.29 is 9.90 Å². The quantitative estimate of drug-likeness (QED) is 0.763. The minimum absolute atomic E-state index is 0.219. The zero-order chi connectivity index (χ0) is 10.3. The number of carboxylic acids is 1. The van der Waals surface area contributed by atoms with Crippen molar-refractivity contribution in [1.82, 2.24) is 14.8 Å². The molecule has 0 bridgehead atoms. The fourth-order valence-electron chi connectivity index (χ4n) is 1.87. The zero-order valence-electron chi connectivity index (χ0n) is 8.27. The number of rotatable bonds is 2. The topological polar surface area (TPSA) is 68.0 Å². The zero-order valence-corrected chi connectivity index (χ0v) is 8.27. The van der Waals surface area contributed by atoms with Crippen molar-refractivity contribution in [3.8, 4) is 0 Å². The first-order valence-electron chi connectivity index (χ1n) is 4.77. The summed E-state index contributed by atoms with van der Waals surface area (Å²) in [6.07, 6.45) is 1.36. The van der Waals surface area contributed by atoms with Gasteiger partial charge in [0.15, 0.2) is 0 Å². The predicted octanol–water partition coefficient (Wildman–Crippen LogP) is 0.973. The monoisotopic (exact) mass is 195 g/mol. The maximum absolute atomic E-state index is 11.0. The molecule has 1 N–H and O–H groups in total. The molecule has 14 heavy (non-hydrogen) atoms. The molecule has 5 nitrogen and oxygen atoms in total. The SMILES string of the molecule is CC(C)c1nnc2n1C(C(=O)O)CC2. The molecule has 1 aromatic rings. The summed E-state index contributed by atoms with van der Waals surface area (Å²) in [6, 6.07) is -0.461. The molecule has 0 amide bonds. The van der Waals surface area contributed by atoms with Crippen molar-refractivity contribution >= 4 is 5.97 Å². The van der Waals surface area contributed by atoms with Crippen LogP contribution in [0.4, 0.5) is 0 Å². The Morgan fingerprint density at radius 1 is 1.57 bits per heavy atom. The Labute approximate surface area is 81.8 Å². The van der Waals surface area contributed by atoms with Crippen LogP contribution in [0.1, 0.15) is 43.9 Å². The molecule has 5 heteroatoms. The molecule has 0 radical (unpaired) electrons. The first-order chi connectivity index (χ1) is 6.61. The maximum atomic E-state index is 11.0. The first-order valence-corrected chi connectivity index (χ1v) is 4.77. The second-order valence-corrected chi connectivity index (χ2v) is 3.89. The van der Waals surface area contributed by atoms with E-state index < -0.39 is 12.0 Å². The van der Waals surface area contributed by atoms with Crippen molar-refractivity contribution in [1.29, 1.82) is 0 Å². The van der Waals surface area contributed by atoms with Gasteiger partial charge in [-0.1, -0.05) is 13.8 Å². The minimum atomic E-state index is -0.787. The van der Waals surface area contributed by atoms with Crippen molar-refractivity contribution in [3.63, 3.8) is 0 Å². The number of carboxylic acid groups (broad SMARTS) is 1. The van der Waals surface area contributed by atoms with Crippen LogP contribution < -0.4 is 0 Å². The fraction of sp³-hybridized carbons (Fsp3) is 0.667. The van der Waals surface area contributed by atoms with Gasteiger partial charge in [0.2, 0.25) is 0 Å². The summed E-state index contributed by atoms with van der Waals surface area (Å²) in [4.78, 5) is 11.0. The van der Waals surface area contributed by atoms with E-state index in [9.17, 15) is 4.79 Å². The van der Waals surface area contributed by atoms with Gasteiger partial charge in [0, 0.05) is 12.3 Å². The van der Waals surface area contributed by atoms with Crippen LogP contribution >= 0.6 is 0 Å². The Kier molecular flexibility index (Phi) is 2.02. The number of carbonyl (C=O) groups is 1. The second-order valence-electron chi connectivity index (χ2n) is 3.89. The summed E-state index contributed by atoms with van der Waals surface area (Å²) in [5.41, 5.74) is 0. The van der Waals surface area contributed by atoms with E-state index in [1.165, 1.54) is 0 Å². The molecule has 0 fully saturated rings. The van der Waals surface area contributed by atoms with Crippen LogP contribution in [0.3, 0.4) is 0 Å². The highest BCUT2D eigenvalue weighted by Gasteiger charge is 2.32. The molecule has 1 aliphatic rings. The molecule has 0 aliphatic carbocycles. The number of fused-ring (bicyclic) bond motifs is 1. The summed E-state index contributed by atoms with van der Waals surface area (Å²) in [5.74, 6) is 1.02. The van der Waals surface area contributed by atoms with Gasteiger partial charge in [0.05, 0.1) is 0 Å². The summed E-state index contributed by atoms with van der Waals surface area (Å²) in [7, 11) is 0. The summed E-state index contributed by atoms with van der Waals surface area (Å²) < 4.78 is 1.77. The molecule has 1 unspecified atom stereocenters. The first kappa shape index (κ1) is 9.18. The second kappa shape index (κ2) is 3.08. The van der Waals surface area contributed by atoms with E-state index in [2.05, 4.69) is 10.2 Å². The average Bonchev–Trinajstić information content (AvgIpc) is 2.59. The molecule has 0 spiro atoms. The molecule has 2 heterocycles. The van der Waals surface area contributed by atoms with Crippen molar-refractivity contribution in [3.05, 3.63) is 11.6 Å². The van der Waals surface area contributed by atoms with Gasteiger partial charge < -0.3 is 9.67 Å². The Bertz CT molecular complexity index is 370. The summed E-state index contributed by atoms with van der Waals surface area (Å²) in [5, 5.41) is 17.0. The standard InChI is InChI=1S/C9H13N3O2/c1-5(2)8-11-10-7-4-3-6(9(13)14)12(7)8/h5-6H,3-4H2,1-2H3,(H,13,14). The van der Waals surface area contributed by atoms with E-state index in [1.807, 2.05) is 13.8 Å². The molecule has 0 saturated heterocycles. The van der Waals surface area contributed by atoms with Gasteiger partial charge in [-0.3, -0.25) is 0 Å². The fourth-order valence-corrected chi connectivity index (χ4v) is 1.87. The van der Waals surface area contributed by atoms with Crippen LogP contribution in [0.2, 0.25) is 0 Å². The highest BCUT2D eigenvalue weighted by Crippen LogP contribution is 2.28. The lowest BCUT2D eigenvalue weighted by molar-refractivity contribution is -0.140. The van der Waals surface area contributed by atoms with Gasteiger partial charge in [0.1, 0.15) is 17.7 Å². The van der Waals surface area contributed by atoms with E-state index in [-0.39, 0.29) is 5.92 Å². The van der Waals surface area contributed by atoms with Crippen LogP contribution in [-0.2, 0) is 11.2 Å². The highest BCUT2D eigenvalue weighted by molar-refractivity contribution is 5.72. The Balaban J connectivity index is 2.45. The van der Waals surface area contributed by atoms with Crippen LogP contribution in [0.5, 0.6) is 0 Å². The molecule has 0 saturated carbocycles. The van der Waals surface area contributed by atoms with E-state index in [1.54, 1.807) is 4.57 Å². The van der Waals surface area contributed by atoms with Crippen LogP contribution in [0, 0.1) is 0 Å². The van der Waals surface area contributed by atoms with Crippen molar-refractivity contribution in [2.45, 2.75) is 38.6 Å². The Morgan fingerprint density at radius 2 is 2.29 bits per heavy atom. The van der Waals surface area contributed by atoms with Gasteiger partial charge >= 0.3 is 5.97 Å². The lowest BCUT2D eigenvalue weighted by Crippen LogP contribution is -2.18. The van der Waals surface area contributed by atoms with Crippen LogP contribution in [0.25, 0.3) is 0 Å². The lowest BCUT2D eigenvalue weighted by Gasteiger charge is -2.11. The van der Waals surface area contributed by atoms with Crippen LogP contribution in [-0.4, -0.2) is 25.8 Å². The third-order valence-electron chi connectivity index (χ3n) is 2.55. The largest absolute Gasteiger partial charge is 0.480 e. The molecule has 1 atom stereocenters. The third kappa shape index (κ3) is 1.20. The van der Waals surface area contributed by atoms with Gasteiger partial charge in [-0.05, 0) is 6.42 Å².